The predicted octanol–water partition coefficient (Wildman–Crippen LogP) is 1.42. The maximum Gasteiger partial charge on any atom is 0.236 e. The van der Waals surface area contributed by atoms with Gasteiger partial charge < -0.3 is 11.1 Å². The molecule has 3 N–H and O–H groups in total. The summed E-state index contributed by atoms with van der Waals surface area (Å²) in [6.45, 7) is 3.82. The summed E-state index contributed by atoms with van der Waals surface area (Å²) < 4.78 is 0. The van der Waals surface area contributed by atoms with Gasteiger partial charge in [-0.05, 0) is 32.6 Å². The number of nitrogens with two attached hydrogens (primary N) is 1. The molecule has 1 rings (SSSR count). The van der Waals surface area contributed by atoms with E-state index in [1.807, 2.05) is 0 Å². The summed E-state index contributed by atoms with van der Waals surface area (Å²) in [5, 5.41) is 2.99. The number of hydrogen-bond acceptors (Lipinski definition) is 2. The van der Waals surface area contributed by atoms with E-state index in [0.717, 1.165) is 0 Å². The molecule has 0 aromatic heterocycles. The Labute approximate surface area is 86.4 Å². The zero-order chi connectivity index (χ0) is 10.6. The van der Waals surface area contributed by atoms with Crippen molar-refractivity contribution in [1.82, 2.24) is 5.32 Å². The van der Waals surface area contributed by atoms with Crippen molar-refractivity contribution in [2.45, 2.75) is 58.0 Å². The molecule has 0 aromatic rings. The van der Waals surface area contributed by atoms with E-state index >= 15 is 0 Å². The van der Waals surface area contributed by atoms with E-state index in [2.05, 4.69) is 12.2 Å². The minimum absolute atomic E-state index is 0.0249. The van der Waals surface area contributed by atoms with E-state index in [9.17, 15) is 4.79 Å². The highest BCUT2D eigenvalue weighted by molar-refractivity contribution is 5.81. The third-order valence-corrected chi connectivity index (χ3v) is 3.14. The third-order valence-electron chi connectivity index (χ3n) is 3.14. The summed E-state index contributed by atoms with van der Waals surface area (Å²) in [6, 6.07) is -0.102. The summed E-state index contributed by atoms with van der Waals surface area (Å²) in [4.78, 5) is 11.4. The fourth-order valence-electron chi connectivity index (χ4n) is 2.11. The minimum Gasteiger partial charge on any atom is -0.352 e. The van der Waals surface area contributed by atoms with E-state index in [4.69, 9.17) is 5.73 Å². The van der Waals surface area contributed by atoms with Crippen molar-refractivity contribution in [3.63, 3.8) is 0 Å². The molecule has 0 bridgehead atoms. The molecule has 0 spiro atoms. The van der Waals surface area contributed by atoms with Crippen LogP contribution in [-0.2, 0) is 4.79 Å². The summed E-state index contributed by atoms with van der Waals surface area (Å²) in [6.07, 6.45) is 6.47. The number of hydrogen-bond donors (Lipinski definition) is 2. The van der Waals surface area contributed by atoms with Gasteiger partial charge in [0.15, 0.2) is 0 Å². The average Bonchev–Trinajstić information content (AvgIpc) is 2.19. The van der Waals surface area contributed by atoms with Gasteiger partial charge in [0, 0.05) is 6.04 Å². The number of amides is 1. The first-order valence-electron chi connectivity index (χ1n) is 5.67. The van der Waals surface area contributed by atoms with Crippen LogP contribution in [0.4, 0.5) is 0 Å². The largest absolute Gasteiger partial charge is 0.352 e. The Morgan fingerprint density at radius 1 is 1.29 bits per heavy atom. The molecule has 0 aromatic carbocycles. The molecule has 1 amide bonds. The monoisotopic (exact) mass is 198 g/mol. The van der Waals surface area contributed by atoms with E-state index < -0.39 is 0 Å². The molecule has 3 heteroatoms. The lowest BCUT2D eigenvalue weighted by atomic mass is 9.84. The Balaban J connectivity index is 2.32. The fraction of sp³-hybridized carbons (Fsp3) is 0.909. The molecule has 0 saturated heterocycles. The van der Waals surface area contributed by atoms with E-state index in [1.54, 1.807) is 6.92 Å². The summed E-state index contributed by atoms with van der Waals surface area (Å²) in [7, 11) is 0. The van der Waals surface area contributed by atoms with Crippen LogP contribution in [0.15, 0.2) is 0 Å². The highest BCUT2D eigenvalue weighted by Gasteiger charge is 2.22. The van der Waals surface area contributed by atoms with Gasteiger partial charge in [-0.1, -0.05) is 19.3 Å². The number of carbonyl (C=O) groups excluding carboxylic acids is 1. The lowest BCUT2D eigenvalue weighted by Gasteiger charge is -2.28. The predicted molar refractivity (Wildman–Crippen MR) is 57.8 cm³/mol. The summed E-state index contributed by atoms with van der Waals surface area (Å²) in [5.74, 6) is 0.634. The normalized spacial score (nSPS) is 22.8. The Morgan fingerprint density at radius 3 is 2.36 bits per heavy atom. The number of rotatable bonds is 3. The van der Waals surface area contributed by atoms with Crippen molar-refractivity contribution in [3.05, 3.63) is 0 Å². The van der Waals surface area contributed by atoms with Gasteiger partial charge >= 0.3 is 0 Å². The number of nitrogens with one attached hydrogen (secondary N) is 1. The fourth-order valence-corrected chi connectivity index (χ4v) is 2.11. The Kier molecular flexibility index (Phi) is 4.39. The second kappa shape index (κ2) is 5.35. The molecule has 1 saturated carbocycles. The van der Waals surface area contributed by atoms with Crippen molar-refractivity contribution < 1.29 is 4.79 Å². The van der Waals surface area contributed by atoms with Gasteiger partial charge in [-0.25, -0.2) is 0 Å². The second-order valence-electron chi connectivity index (χ2n) is 4.48. The smallest absolute Gasteiger partial charge is 0.236 e. The van der Waals surface area contributed by atoms with Gasteiger partial charge in [0.2, 0.25) is 5.91 Å². The third kappa shape index (κ3) is 3.29. The Bertz CT molecular complexity index is 186. The molecule has 14 heavy (non-hydrogen) atoms. The lowest BCUT2D eigenvalue weighted by Crippen LogP contribution is -2.45. The molecule has 0 radical (unpaired) electrons. The van der Waals surface area contributed by atoms with Gasteiger partial charge in [0.25, 0.3) is 0 Å². The second-order valence-corrected chi connectivity index (χ2v) is 4.48. The first-order valence-corrected chi connectivity index (χ1v) is 5.67. The van der Waals surface area contributed by atoms with Crippen molar-refractivity contribution in [1.29, 1.82) is 0 Å². The van der Waals surface area contributed by atoms with Crippen LogP contribution in [0, 0.1) is 5.92 Å². The summed E-state index contributed by atoms with van der Waals surface area (Å²) in [5.41, 5.74) is 5.50. The Hall–Kier alpha value is -0.570. The van der Waals surface area contributed by atoms with Gasteiger partial charge in [-0.15, -0.1) is 0 Å². The topological polar surface area (TPSA) is 55.1 Å². The van der Waals surface area contributed by atoms with E-state index in [0.29, 0.717) is 5.92 Å². The molecular formula is C11H22N2O. The quantitative estimate of drug-likeness (QED) is 0.720. The van der Waals surface area contributed by atoms with E-state index in [1.165, 1.54) is 32.1 Å². The molecular weight excluding hydrogens is 176 g/mol. The molecule has 1 fully saturated rings. The first kappa shape index (κ1) is 11.5. The van der Waals surface area contributed by atoms with Crippen molar-refractivity contribution in [3.8, 4) is 0 Å². The standard InChI is InChI=1S/C11H22N2O/c1-8(12)11(14)13-9(2)10-6-4-3-5-7-10/h8-10H,3-7,12H2,1-2H3,(H,13,14)/t8-,9-/m0/s1. The van der Waals surface area contributed by atoms with Crippen LogP contribution >= 0.6 is 0 Å². The molecule has 0 aliphatic heterocycles. The Morgan fingerprint density at radius 2 is 1.86 bits per heavy atom. The zero-order valence-corrected chi connectivity index (χ0v) is 9.25. The van der Waals surface area contributed by atoms with Crippen LogP contribution in [-0.4, -0.2) is 18.0 Å². The van der Waals surface area contributed by atoms with Crippen LogP contribution in [0.2, 0.25) is 0 Å². The highest BCUT2D eigenvalue weighted by Crippen LogP contribution is 2.26. The molecule has 0 heterocycles. The maximum absolute atomic E-state index is 11.4. The van der Waals surface area contributed by atoms with Crippen molar-refractivity contribution in [2.24, 2.45) is 11.7 Å². The SMILES string of the molecule is C[C@H](N)C(=O)N[C@@H](C)C1CCCCC1. The van der Waals surface area contributed by atoms with Gasteiger partial charge in [-0.3, -0.25) is 4.79 Å². The minimum atomic E-state index is -0.388. The summed E-state index contributed by atoms with van der Waals surface area (Å²) >= 11 is 0. The lowest BCUT2D eigenvalue weighted by molar-refractivity contribution is -0.123. The van der Waals surface area contributed by atoms with Crippen LogP contribution in [0.1, 0.15) is 46.0 Å². The van der Waals surface area contributed by atoms with Gasteiger partial charge in [0.1, 0.15) is 0 Å². The molecule has 82 valence electrons. The van der Waals surface area contributed by atoms with Gasteiger partial charge in [0.05, 0.1) is 6.04 Å². The molecule has 1 aliphatic carbocycles. The molecule has 1 aliphatic rings. The van der Waals surface area contributed by atoms with Crippen molar-refractivity contribution >= 4 is 5.91 Å². The average molecular weight is 198 g/mol. The van der Waals surface area contributed by atoms with Crippen LogP contribution in [0.5, 0.6) is 0 Å². The van der Waals surface area contributed by atoms with Gasteiger partial charge in [-0.2, -0.15) is 0 Å². The first-order chi connectivity index (χ1) is 6.61. The molecule has 0 unspecified atom stereocenters. The highest BCUT2D eigenvalue weighted by atomic mass is 16.2. The molecule has 2 atom stereocenters. The van der Waals surface area contributed by atoms with Crippen LogP contribution in [0.25, 0.3) is 0 Å². The van der Waals surface area contributed by atoms with Crippen LogP contribution in [0.3, 0.4) is 0 Å². The maximum atomic E-state index is 11.4. The molecule has 3 nitrogen and oxygen atoms in total. The van der Waals surface area contributed by atoms with E-state index in [-0.39, 0.29) is 18.0 Å². The zero-order valence-electron chi connectivity index (χ0n) is 9.25. The number of carbonyl (C=O) groups is 1. The van der Waals surface area contributed by atoms with Crippen LogP contribution < -0.4 is 11.1 Å². The van der Waals surface area contributed by atoms with Crippen molar-refractivity contribution in [2.75, 3.05) is 0 Å².